The number of nitrogens with zero attached hydrogens (tertiary/aromatic N) is 2. The predicted octanol–water partition coefficient (Wildman–Crippen LogP) is 4.10. The summed E-state index contributed by atoms with van der Waals surface area (Å²) >= 11 is 0. The number of benzene rings is 2. The second kappa shape index (κ2) is 8.29. The zero-order valence-corrected chi connectivity index (χ0v) is 15.0. The van der Waals surface area contributed by atoms with Crippen LogP contribution in [0.1, 0.15) is 30.8 Å². The fourth-order valence-electron chi connectivity index (χ4n) is 2.52. The van der Waals surface area contributed by atoms with Crippen molar-refractivity contribution in [2.45, 2.75) is 20.3 Å². The topological polar surface area (TPSA) is 76.1 Å². The number of carbonyl (C=O) groups is 1. The molecule has 134 valence electrons. The molecule has 0 unspecified atom stereocenters. The number of hydrogen-bond donors (Lipinski definition) is 2. The zero-order chi connectivity index (χ0) is 18.4. The third-order valence-corrected chi connectivity index (χ3v) is 3.75. The van der Waals surface area contributed by atoms with Gasteiger partial charge in [-0.15, -0.1) is 0 Å². The minimum atomic E-state index is -0.300. The quantitative estimate of drug-likeness (QED) is 0.671. The van der Waals surface area contributed by atoms with E-state index in [0.29, 0.717) is 23.6 Å². The van der Waals surface area contributed by atoms with Gasteiger partial charge in [-0.3, -0.25) is 4.79 Å². The van der Waals surface area contributed by atoms with Crippen LogP contribution in [0.15, 0.2) is 48.5 Å². The predicted molar refractivity (Wildman–Crippen MR) is 104 cm³/mol. The number of para-hydroxylation sites is 2. The maximum absolute atomic E-state index is 12.8. The molecule has 0 spiro atoms. The minimum Gasteiger partial charge on any atom is -0.494 e. The molecule has 1 aromatic heterocycles. The van der Waals surface area contributed by atoms with Crippen molar-refractivity contribution in [3.63, 3.8) is 0 Å². The lowest BCUT2D eigenvalue weighted by Gasteiger charge is -2.12. The Hall–Kier alpha value is -3.15. The average molecular weight is 350 g/mol. The van der Waals surface area contributed by atoms with Crippen LogP contribution in [0, 0.1) is 0 Å². The monoisotopic (exact) mass is 350 g/mol. The molecule has 26 heavy (non-hydrogen) atoms. The van der Waals surface area contributed by atoms with Gasteiger partial charge in [-0.25, -0.2) is 9.97 Å². The molecule has 2 aromatic carbocycles. The molecule has 6 nitrogen and oxygen atoms in total. The van der Waals surface area contributed by atoms with Crippen molar-refractivity contribution in [1.29, 1.82) is 0 Å². The molecule has 3 rings (SSSR count). The maximum atomic E-state index is 12.8. The van der Waals surface area contributed by atoms with Crippen molar-refractivity contribution in [3.05, 3.63) is 54.2 Å². The van der Waals surface area contributed by atoms with Crippen molar-refractivity contribution in [2.75, 3.05) is 23.8 Å². The molecule has 0 saturated carbocycles. The van der Waals surface area contributed by atoms with Crippen LogP contribution in [0.25, 0.3) is 11.0 Å². The van der Waals surface area contributed by atoms with Crippen LogP contribution in [-0.2, 0) is 0 Å². The van der Waals surface area contributed by atoms with Crippen molar-refractivity contribution >= 4 is 28.4 Å². The van der Waals surface area contributed by atoms with E-state index in [4.69, 9.17) is 4.74 Å². The van der Waals surface area contributed by atoms with Crippen LogP contribution in [-0.4, -0.2) is 29.0 Å². The Labute approximate surface area is 152 Å². The summed E-state index contributed by atoms with van der Waals surface area (Å²) in [5.74, 6) is 0.960. The molecule has 0 bridgehead atoms. The number of ether oxygens (including phenoxy) is 1. The molecule has 1 heterocycles. The number of aromatic nitrogens is 2. The Morgan fingerprint density at radius 3 is 2.35 bits per heavy atom. The summed E-state index contributed by atoms with van der Waals surface area (Å²) in [6.07, 6.45) is 0.925. The van der Waals surface area contributed by atoms with Crippen molar-refractivity contribution < 1.29 is 9.53 Å². The van der Waals surface area contributed by atoms with Gasteiger partial charge in [-0.2, -0.15) is 0 Å². The molecule has 0 fully saturated rings. The lowest BCUT2D eigenvalue weighted by Crippen LogP contribution is -2.18. The van der Waals surface area contributed by atoms with Crippen LogP contribution >= 0.6 is 0 Å². The van der Waals surface area contributed by atoms with Gasteiger partial charge in [-0.1, -0.05) is 19.1 Å². The Morgan fingerprint density at radius 2 is 1.69 bits per heavy atom. The molecular weight excluding hydrogens is 328 g/mol. The SMILES string of the molecule is CCCNc1nc2ccccc2nc1C(=O)Nc1ccc(OCC)cc1. The highest BCUT2D eigenvalue weighted by Gasteiger charge is 2.16. The summed E-state index contributed by atoms with van der Waals surface area (Å²) in [4.78, 5) is 21.8. The number of anilines is 2. The molecule has 0 aliphatic rings. The summed E-state index contributed by atoms with van der Waals surface area (Å²) < 4.78 is 5.42. The van der Waals surface area contributed by atoms with Crippen LogP contribution in [0.3, 0.4) is 0 Å². The van der Waals surface area contributed by atoms with Gasteiger partial charge in [0.1, 0.15) is 5.75 Å². The van der Waals surface area contributed by atoms with E-state index >= 15 is 0 Å². The van der Waals surface area contributed by atoms with E-state index in [1.165, 1.54) is 0 Å². The standard InChI is InChI=1S/C20H22N4O2/c1-3-13-21-19-18(23-16-7-5-6-8-17(16)24-19)20(25)22-14-9-11-15(12-10-14)26-4-2/h5-12H,3-4,13H2,1-2H3,(H,21,24)(H,22,25). The molecular formula is C20H22N4O2. The van der Waals surface area contributed by atoms with Gasteiger partial charge >= 0.3 is 0 Å². The Kier molecular flexibility index (Phi) is 5.63. The number of amides is 1. The summed E-state index contributed by atoms with van der Waals surface area (Å²) in [7, 11) is 0. The van der Waals surface area contributed by atoms with E-state index in [9.17, 15) is 4.79 Å². The number of hydrogen-bond acceptors (Lipinski definition) is 5. The number of nitrogens with one attached hydrogen (secondary N) is 2. The van der Waals surface area contributed by atoms with Crippen LogP contribution in [0.4, 0.5) is 11.5 Å². The van der Waals surface area contributed by atoms with Gasteiger partial charge in [0.25, 0.3) is 5.91 Å². The van der Waals surface area contributed by atoms with Crippen LogP contribution in [0.2, 0.25) is 0 Å². The molecule has 6 heteroatoms. The Balaban J connectivity index is 1.87. The highest BCUT2D eigenvalue weighted by molar-refractivity contribution is 6.07. The summed E-state index contributed by atoms with van der Waals surface area (Å²) in [5.41, 5.74) is 2.40. The van der Waals surface area contributed by atoms with Gasteiger partial charge < -0.3 is 15.4 Å². The van der Waals surface area contributed by atoms with Crippen molar-refractivity contribution in [2.24, 2.45) is 0 Å². The minimum absolute atomic E-state index is 0.283. The van der Waals surface area contributed by atoms with E-state index in [1.807, 2.05) is 43.3 Å². The molecule has 3 aromatic rings. The van der Waals surface area contributed by atoms with E-state index in [1.54, 1.807) is 12.1 Å². The van der Waals surface area contributed by atoms with Gasteiger partial charge in [0.05, 0.1) is 17.6 Å². The molecule has 0 radical (unpaired) electrons. The lowest BCUT2D eigenvalue weighted by molar-refractivity contribution is 0.102. The number of fused-ring (bicyclic) bond motifs is 1. The summed E-state index contributed by atoms with van der Waals surface area (Å²) in [5, 5.41) is 6.07. The third-order valence-electron chi connectivity index (χ3n) is 3.75. The Bertz CT molecular complexity index is 894. The van der Waals surface area contributed by atoms with E-state index in [2.05, 4.69) is 27.5 Å². The smallest absolute Gasteiger partial charge is 0.278 e. The van der Waals surface area contributed by atoms with E-state index in [-0.39, 0.29) is 11.6 Å². The van der Waals surface area contributed by atoms with Gasteiger partial charge in [0.15, 0.2) is 11.5 Å². The fourth-order valence-corrected chi connectivity index (χ4v) is 2.52. The summed E-state index contributed by atoms with van der Waals surface area (Å²) in [6, 6.07) is 14.8. The summed E-state index contributed by atoms with van der Waals surface area (Å²) in [6.45, 7) is 5.31. The van der Waals surface area contributed by atoms with Crippen LogP contribution < -0.4 is 15.4 Å². The van der Waals surface area contributed by atoms with Crippen LogP contribution in [0.5, 0.6) is 5.75 Å². The van der Waals surface area contributed by atoms with E-state index < -0.39 is 0 Å². The molecule has 0 saturated heterocycles. The maximum Gasteiger partial charge on any atom is 0.278 e. The fraction of sp³-hybridized carbons (Fsp3) is 0.250. The highest BCUT2D eigenvalue weighted by atomic mass is 16.5. The largest absolute Gasteiger partial charge is 0.494 e. The highest BCUT2D eigenvalue weighted by Crippen LogP contribution is 2.20. The van der Waals surface area contributed by atoms with Gasteiger partial charge in [0.2, 0.25) is 0 Å². The molecule has 0 aliphatic heterocycles. The van der Waals surface area contributed by atoms with Crippen molar-refractivity contribution in [1.82, 2.24) is 9.97 Å². The average Bonchev–Trinajstić information content (AvgIpc) is 2.67. The first-order valence-corrected chi connectivity index (χ1v) is 8.76. The second-order valence-corrected chi connectivity index (χ2v) is 5.75. The lowest BCUT2D eigenvalue weighted by atomic mass is 10.2. The third kappa shape index (κ3) is 4.08. The number of rotatable bonds is 7. The Morgan fingerprint density at radius 1 is 1.00 bits per heavy atom. The first-order chi connectivity index (χ1) is 12.7. The molecule has 1 amide bonds. The van der Waals surface area contributed by atoms with E-state index in [0.717, 1.165) is 24.2 Å². The molecule has 2 N–H and O–H groups in total. The number of carbonyl (C=O) groups excluding carboxylic acids is 1. The molecule has 0 atom stereocenters. The first-order valence-electron chi connectivity index (χ1n) is 8.76. The van der Waals surface area contributed by atoms with Crippen molar-refractivity contribution in [3.8, 4) is 5.75 Å². The normalized spacial score (nSPS) is 10.5. The zero-order valence-electron chi connectivity index (χ0n) is 15.0. The molecule has 0 aliphatic carbocycles. The van der Waals surface area contributed by atoms with Gasteiger partial charge in [0, 0.05) is 12.2 Å². The first kappa shape index (κ1) is 17.7. The van der Waals surface area contributed by atoms with Gasteiger partial charge in [-0.05, 0) is 49.7 Å². The second-order valence-electron chi connectivity index (χ2n) is 5.75.